The summed E-state index contributed by atoms with van der Waals surface area (Å²) in [4.78, 5) is 39.1. The first kappa shape index (κ1) is 18.8. The van der Waals surface area contributed by atoms with Crippen LogP contribution in [0.3, 0.4) is 0 Å². The highest BCUT2D eigenvalue weighted by molar-refractivity contribution is 6.14. The number of benzene rings is 2. The lowest BCUT2D eigenvalue weighted by atomic mass is 9.96. The minimum atomic E-state index is -1.14. The molecule has 2 heterocycles. The maximum absolute atomic E-state index is 12.9. The van der Waals surface area contributed by atoms with Gasteiger partial charge in [0.1, 0.15) is 12.1 Å². The summed E-state index contributed by atoms with van der Waals surface area (Å²) >= 11 is 0. The number of anilines is 2. The van der Waals surface area contributed by atoms with Crippen molar-refractivity contribution < 1.29 is 28.6 Å². The molecule has 2 aromatic carbocycles. The molecule has 0 aromatic heterocycles. The van der Waals surface area contributed by atoms with Crippen LogP contribution in [0.2, 0.25) is 0 Å². The molecule has 0 bridgehead atoms. The van der Waals surface area contributed by atoms with Crippen LogP contribution in [0.15, 0.2) is 48.5 Å². The zero-order valence-electron chi connectivity index (χ0n) is 16.0. The van der Waals surface area contributed by atoms with Gasteiger partial charge in [-0.15, -0.1) is 0 Å². The van der Waals surface area contributed by atoms with Gasteiger partial charge in [-0.05, 0) is 38.1 Å². The molecular weight excluding hydrogens is 376 g/mol. The summed E-state index contributed by atoms with van der Waals surface area (Å²) in [5.41, 5.74) is -0.0669. The molecule has 0 saturated carbocycles. The number of rotatable bonds is 3. The lowest BCUT2D eigenvalue weighted by Gasteiger charge is -2.41. The predicted molar refractivity (Wildman–Crippen MR) is 104 cm³/mol. The van der Waals surface area contributed by atoms with E-state index in [2.05, 4.69) is 5.32 Å². The molecule has 0 saturated heterocycles. The summed E-state index contributed by atoms with van der Waals surface area (Å²) in [6.45, 7) is 2.73. The Morgan fingerprint density at radius 3 is 2.62 bits per heavy atom. The minimum absolute atomic E-state index is 0.00944. The third-order valence-corrected chi connectivity index (χ3v) is 4.87. The first-order valence-electron chi connectivity index (χ1n) is 9.16. The average Bonchev–Trinajstić information content (AvgIpc) is 2.72. The van der Waals surface area contributed by atoms with Crippen molar-refractivity contribution in [1.29, 1.82) is 0 Å². The van der Waals surface area contributed by atoms with Gasteiger partial charge in [-0.25, -0.2) is 4.79 Å². The van der Waals surface area contributed by atoms with Crippen molar-refractivity contribution in [2.75, 3.05) is 23.4 Å². The maximum atomic E-state index is 12.9. The van der Waals surface area contributed by atoms with E-state index in [0.717, 1.165) is 0 Å². The second-order valence-electron chi connectivity index (χ2n) is 7.23. The number of hydrogen-bond donors (Lipinski definition) is 1. The van der Waals surface area contributed by atoms with Crippen LogP contribution in [0.25, 0.3) is 0 Å². The fourth-order valence-corrected chi connectivity index (χ4v) is 3.32. The first-order chi connectivity index (χ1) is 13.9. The summed E-state index contributed by atoms with van der Waals surface area (Å²) < 4.78 is 16.3. The highest BCUT2D eigenvalue weighted by Crippen LogP contribution is 2.36. The fraction of sp³-hybridized carbons (Fsp3) is 0.286. The average molecular weight is 396 g/mol. The molecule has 150 valence electrons. The maximum Gasteiger partial charge on any atom is 0.351 e. The lowest BCUT2D eigenvalue weighted by Crippen LogP contribution is -2.59. The number of nitrogens with zero attached hydrogens (tertiary/aromatic N) is 1. The first-order valence-corrected chi connectivity index (χ1v) is 9.16. The van der Waals surface area contributed by atoms with Gasteiger partial charge in [0.25, 0.3) is 5.91 Å². The minimum Gasteiger partial charge on any atom is -0.485 e. The van der Waals surface area contributed by atoms with Gasteiger partial charge in [-0.1, -0.05) is 24.3 Å². The van der Waals surface area contributed by atoms with Crippen molar-refractivity contribution in [1.82, 2.24) is 0 Å². The normalized spacial score (nSPS) is 19.0. The third kappa shape index (κ3) is 3.37. The Labute approximate surface area is 167 Å². The van der Waals surface area contributed by atoms with E-state index >= 15 is 0 Å². The standard InChI is InChI=1S/C21H20N2O6/c1-21(2)20(26)22-13-7-3-4-8-14(13)23(21)18(24)12-28-19(25)17-11-27-15-9-5-6-10-16(15)29-17/h3-10,17H,11-12H2,1-2H3,(H,22,26)/t17-/m0/s1. The van der Waals surface area contributed by atoms with E-state index in [4.69, 9.17) is 14.2 Å². The number of ether oxygens (including phenoxy) is 3. The summed E-state index contributed by atoms with van der Waals surface area (Å²) in [5, 5.41) is 2.78. The molecule has 2 aliphatic heterocycles. The number of carbonyl (C=O) groups is 3. The Kier molecular flexibility index (Phi) is 4.62. The summed E-state index contributed by atoms with van der Waals surface area (Å²) in [6.07, 6.45) is -0.970. The van der Waals surface area contributed by atoms with Crippen LogP contribution in [0.1, 0.15) is 13.8 Å². The molecule has 8 nitrogen and oxygen atoms in total. The van der Waals surface area contributed by atoms with E-state index in [-0.39, 0.29) is 12.5 Å². The van der Waals surface area contributed by atoms with Crippen molar-refractivity contribution >= 4 is 29.2 Å². The van der Waals surface area contributed by atoms with E-state index in [1.165, 1.54) is 4.90 Å². The topological polar surface area (TPSA) is 94.2 Å². The summed E-state index contributed by atoms with van der Waals surface area (Å²) in [7, 11) is 0. The van der Waals surface area contributed by atoms with Gasteiger partial charge in [0, 0.05) is 0 Å². The van der Waals surface area contributed by atoms with Crippen LogP contribution in [0.5, 0.6) is 11.5 Å². The van der Waals surface area contributed by atoms with Crippen LogP contribution in [0.4, 0.5) is 11.4 Å². The molecule has 0 spiro atoms. The molecule has 0 unspecified atom stereocenters. The fourth-order valence-electron chi connectivity index (χ4n) is 3.32. The molecular formula is C21H20N2O6. The second kappa shape index (κ2) is 7.12. The highest BCUT2D eigenvalue weighted by atomic mass is 16.6. The van der Waals surface area contributed by atoms with Gasteiger partial charge >= 0.3 is 5.97 Å². The number of carbonyl (C=O) groups excluding carboxylic acids is 3. The number of nitrogens with one attached hydrogen (secondary N) is 1. The zero-order valence-corrected chi connectivity index (χ0v) is 16.0. The molecule has 2 aliphatic rings. The van der Waals surface area contributed by atoms with E-state index in [0.29, 0.717) is 22.9 Å². The molecule has 0 radical (unpaired) electrons. The van der Waals surface area contributed by atoms with Crippen LogP contribution in [-0.4, -0.2) is 42.6 Å². The van der Waals surface area contributed by atoms with Crippen molar-refractivity contribution in [2.45, 2.75) is 25.5 Å². The summed E-state index contributed by atoms with van der Waals surface area (Å²) in [5.74, 6) is -0.556. The Morgan fingerprint density at radius 1 is 1.14 bits per heavy atom. The molecule has 0 aliphatic carbocycles. The van der Waals surface area contributed by atoms with E-state index in [1.807, 2.05) is 0 Å². The molecule has 4 rings (SSSR count). The molecule has 8 heteroatoms. The Bertz CT molecular complexity index is 987. The van der Waals surface area contributed by atoms with Gasteiger partial charge in [-0.2, -0.15) is 0 Å². The Balaban J connectivity index is 1.46. The Morgan fingerprint density at radius 2 is 1.83 bits per heavy atom. The molecule has 1 N–H and O–H groups in total. The number of esters is 1. The van der Waals surface area contributed by atoms with Gasteiger partial charge in [-0.3, -0.25) is 14.5 Å². The number of fused-ring (bicyclic) bond motifs is 2. The Hall–Kier alpha value is -3.55. The number of hydrogen-bond acceptors (Lipinski definition) is 6. The SMILES string of the molecule is CC1(C)C(=O)Nc2ccccc2N1C(=O)COC(=O)[C@@H]1COc2ccccc2O1. The molecule has 2 aromatic rings. The van der Waals surface area contributed by atoms with Gasteiger partial charge in [0.05, 0.1) is 11.4 Å². The van der Waals surface area contributed by atoms with Crippen molar-refractivity contribution in [3.63, 3.8) is 0 Å². The van der Waals surface area contributed by atoms with Crippen LogP contribution in [0, 0.1) is 0 Å². The monoisotopic (exact) mass is 396 g/mol. The lowest BCUT2D eigenvalue weighted by molar-refractivity contribution is -0.157. The van der Waals surface area contributed by atoms with Gasteiger partial charge in [0.2, 0.25) is 12.0 Å². The number of para-hydroxylation sites is 4. The smallest absolute Gasteiger partial charge is 0.351 e. The van der Waals surface area contributed by atoms with E-state index in [9.17, 15) is 14.4 Å². The van der Waals surface area contributed by atoms with E-state index in [1.54, 1.807) is 62.4 Å². The zero-order chi connectivity index (χ0) is 20.6. The van der Waals surface area contributed by atoms with Gasteiger partial charge < -0.3 is 19.5 Å². The van der Waals surface area contributed by atoms with Crippen LogP contribution < -0.4 is 19.7 Å². The molecule has 29 heavy (non-hydrogen) atoms. The number of amides is 2. The van der Waals surface area contributed by atoms with Crippen molar-refractivity contribution in [3.8, 4) is 11.5 Å². The van der Waals surface area contributed by atoms with Crippen LogP contribution in [-0.2, 0) is 19.1 Å². The molecule has 0 fully saturated rings. The van der Waals surface area contributed by atoms with Crippen molar-refractivity contribution in [3.05, 3.63) is 48.5 Å². The van der Waals surface area contributed by atoms with Gasteiger partial charge in [0.15, 0.2) is 18.1 Å². The van der Waals surface area contributed by atoms with E-state index < -0.39 is 30.1 Å². The largest absolute Gasteiger partial charge is 0.485 e. The highest BCUT2D eigenvalue weighted by Gasteiger charge is 2.44. The second-order valence-corrected chi connectivity index (χ2v) is 7.23. The molecule has 2 amide bonds. The van der Waals surface area contributed by atoms with Crippen molar-refractivity contribution in [2.24, 2.45) is 0 Å². The van der Waals surface area contributed by atoms with Crippen LogP contribution >= 0.6 is 0 Å². The molecule has 1 atom stereocenters. The summed E-state index contributed by atoms with van der Waals surface area (Å²) in [6, 6.07) is 14.0. The third-order valence-electron chi connectivity index (χ3n) is 4.87. The predicted octanol–water partition coefficient (Wildman–Crippen LogP) is 2.13. The quantitative estimate of drug-likeness (QED) is 0.799.